The van der Waals surface area contributed by atoms with E-state index in [4.69, 9.17) is 0 Å². The standard InChI is InChI=1S/C21H30N2O/c1-4-6-9-18-11-13-19(14-12-18)21(24)23(16-7-5-2)17-20-10-8-15-22(20)3/h8,10-15H,4-7,9,16-17H2,1-3H3. The van der Waals surface area contributed by atoms with Gasteiger partial charge in [0.2, 0.25) is 0 Å². The van der Waals surface area contributed by atoms with Crippen molar-refractivity contribution in [2.45, 2.75) is 52.5 Å². The molecule has 1 heterocycles. The summed E-state index contributed by atoms with van der Waals surface area (Å²) in [5.41, 5.74) is 3.27. The lowest BCUT2D eigenvalue weighted by Gasteiger charge is -2.23. The number of unbranched alkanes of at least 4 members (excludes halogenated alkanes) is 2. The van der Waals surface area contributed by atoms with Crippen molar-refractivity contribution in [3.63, 3.8) is 0 Å². The van der Waals surface area contributed by atoms with Gasteiger partial charge in [-0.15, -0.1) is 0 Å². The second-order valence-corrected chi connectivity index (χ2v) is 6.49. The van der Waals surface area contributed by atoms with E-state index in [1.807, 2.05) is 36.3 Å². The molecule has 0 unspecified atom stereocenters. The van der Waals surface area contributed by atoms with Crippen LogP contribution in [0, 0.1) is 0 Å². The van der Waals surface area contributed by atoms with E-state index in [0.29, 0.717) is 6.54 Å². The normalized spacial score (nSPS) is 10.8. The van der Waals surface area contributed by atoms with Gasteiger partial charge in [-0.05, 0) is 49.1 Å². The monoisotopic (exact) mass is 326 g/mol. The molecular weight excluding hydrogens is 296 g/mol. The Hall–Kier alpha value is -2.03. The maximum absolute atomic E-state index is 12.9. The molecule has 2 aromatic rings. The first-order valence-corrected chi connectivity index (χ1v) is 9.14. The van der Waals surface area contributed by atoms with Crippen LogP contribution in [0.5, 0.6) is 0 Å². The summed E-state index contributed by atoms with van der Waals surface area (Å²) in [6.07, 6.45) is 7.64. The average Bonchev–Trinajstić information content (AvgIpc) is 3.01. The second-order valence-electron chi connectivity index (χ2n) is 6.49. The zero-order valence-electron chi connectivity index (χ0n) is 15.3. The number of aromatic nitrogens is 1. The van der Waals surface area contributed by atoms with Crippen molar-refractivity contribution >= 4 is 5.91 Å². The Morgan fingerprint density at radius 2 is 1.75 bits per heavy atom. The van der Waals surface area contributed by atoms with Gasteiger partial charge in [0.15, 0.2) is 0 Å². The van der Waals surface area contributed by atoms with Crippen molar-refractivity contribution in [3.8, 4) is 0 Å². The zero-order valence-corrected chi connectivity index (χ0v) is 15.3. The molecule has 3 nitrogen and oxygen atoms in total. The van der Waals surface area contributed by atoms with E-state index in [0.717, 1.165) is 31.4 Å². The Morgan fingerprint density at radius 3 is 2.33 bits per heavy atom. The molecule has 0 aliphatic rings. The van der Waals surface area contributed by atoms with E-state index >= 15 is 0 Å². The molecule has 1 aromatic heterocycles. The summed E-state index contributed by atoms with van der Waals surface area (Å²) in [5.74, 6) is 0.131. The van der Waals surface area contributed by atoms with Crippen molar-refractivity contribution in [1.29, 1.82) is 0 Å². The summed E-state index contributed by atoms with van der Waals surface area (Å²) in [5, 5.41) is 0. The molecule has 130 valence electrons. The van der Waals surface area contributed by atoms with Crippen LogP contribution < -0.4 is 0 Å². The van der Waals surface area contributed by atoms with Crippen LogP contribution >= 0.6 is 0 Å². The van der Waals surface area contributed by atoms with Crippen molar-refractivity contribution in [2.75, 3.05) is 6.54 Å². The molecule has 24 heavy (non-hydrogen) atoms. The maximum Gasteiger partial charge on any atom is 0.254 e. The first-order valence-electron chi connectivity index (χ1n) is 9.14. The van der Waals surface area contributed by atoms with Gasteiger partial charge >= 0.3 is 0 Å². The van der Waals surface area contributed by atoms with Crippen LogP contribution in [-0.4, -0.2) is 21.9 Å². The lowest BCUT2D eigenvalue weighted by atomic mass is 10.1. The van der Waals surface area contributed by atoms with Crippen molar-refractivity contribution in [1.82, 2.24) is 9.47 Å². The van der Waals surface area contributed by atoms with E-state index in [9.17, 15) is 4.79 Å². The number of nitrogens with zero attached hydrogens (tertiary/aromatic N) is 2. The summed E-state index contributed by atoms with van der Waals surface area (Å²) < 4.78 is 2.08. The van der Waals surface area contributed by atoms with E-state index < -0.39 is 0 Å². The quantitative estimate of drug-likeness (QED) is 0.649. The largest absolute Gasteiger partial charge is 0.353 e. The molecule has 0 N–H and O–H groups in total. The number of carbonyl (C=O) groups excluding carboxylic acids is 1. The number of hydrogen-bond acceptors (Lipinski definition) is 1. The van der Waals surface area contributed by atoms with Gasteiger partial charge in [-0.1, -0.05) is 38.8 Å². The summed E-state index contributed by atoms with van der Waals surface area (Å²) in [6.45, 7) is 5.83. The second kappa shape index (κ2) is 9.31. The van der Waals surface area contributed by atoms with Gasteiger partial charge in [0.05, 0.1) is 6.54 Å². The smallest absolute Gasteiger partial charge is 0.254 e. The van der Waals surface area contributed by atoms with Gasteiger partial charge in [0.1, 0.15) is 0 Å². The fourth-order valence-corrected chi connectivity index (χ4v) is 2.84. The molecule has 2 rings (SSSR count). The summed E-state index contributed by atoms with van der Waals surface area (Å²) in [6, 6.07) is 12.3. The van der Waals surface area contributed by atoms with Crippen LogP contribution in [0.4, 0.5) is 0 Å². The number of rotatable bonds is 9. The molecule has 0 bridgehead atoms. The van der Waals surface area contributed by atoms with E-state index in [2.05, 4.69) is 36.6 Å². The van der Waals surface area contributed by atoms with Gasteiger partial charge in [0, 0.05) is 31.0 Å². The molecule has 3 heteroatoms. The third kappa shape index (κ3) is 4.98. The molecule has 1 aromatic carbocycles. The summed E-state index contributed by atoms with van der Waals surface area (Å²) in [4.78, 5) is 14.9. The van der Waals surface area contributed by atoms with Crippen LogP contribution in [0.15, 0.2) is 42.6 Å². The highest BCUT2D eigenvalue weighted by molar-refractivity contribution is 5.94. The Bertz CT molecular complexity index is 628. The molecule has 0 saturated carbocycles. The Balaban J connectivity index is 2.10. The van der Waals surface area contributed by atoms with Crippen LogP contribution in [0.1, 0.15) is 61.1 Å². The predicted molar refractivity (Wildman–Crippen MR) is 100 cm³/mol. The lowest BCUT2D eigenvalue weighted by molar-refractivity contribution is 0.0737. The molecule has 0 fully saturated rings. The molecule has 0 radical (unpaired) electrons. The maximum atomic E-state index is 12.9. The molecule has 0 aliphatic heterocycles. The van der Waals surface area contributed by atoms with E-state index in [1.165, 1.54) is 24.1 Å². The molecule has 0 atom stereocenters. The Labute approximate surface area is 146 Å². The molecule has 1 amide bonds. The highest BCUT2D eigenvalue weighted by atomic mass is 16.2. The summed E-state index contributed by atoms with van der Waals surface area (Å²) in [7, 11) is 2.03. The minimum absolute atomic E-state index is 0.131. The average molecular weight is 326 g/mol. The molecule has 0 spiro atoms. The summed E-state index contributed by atoms with van der Waals surface area (Å²) >= 11 is 0. The minimum atomic E-state index is 0.131. The third-order valence-electron chi connectivity index (χ3n) is 4.49. The molecular formula is C21H30N2O. The highest BCUT2D eigenvalue weighted by Crippen LogP contribution is 2.14. The molecule has 0 saturated heterocycles. The van der Waals surface area contributed by atoms with Gasteiger partial charge in [-0.3, -0.25) is 4.79 Å². The van der Waals surface area contributed by atoms with Crippen molar-refractivity contribution in [2.24, 2.45) is 7.05 Å². The van der Waals surface area contributed by atoms with Gasteiger partial charge in [-0.2, -0.15) is 0 Å². The van der Waals surface area contributed by atoms with Crippen LogP contribution in [0.25, 0.3) is 0 Å². The predicted octanol–water partition coefficient (Wildman–Crippen LogP) is 4.81. The van der Waals surface area contributed by atoms with Crippen molar-refractivity contribution < 1.29 is 4.79 Å². The van der Waals surface area contributed by atoms with Crippen molar-refractivity contribution in [3.05, 3.63) is 59.4 Å². The number of aryl methyl sites for hydroxylation is 2. The number of benzene rings is 1. The van der Waals surface area contributed by atoms with E-state index in [-0.39, 0.29) is 5.91 Å². The Kier molecular flexibility index (Phi) is 7.10. The fourth-order valence-electron chi connectivity index (χ4n) is 2.84. The number of carbonyl (C=O) groups is 1. The number of hydrogen-bond donors (Lipinski definition) is 0. The lowest BCUT2D eigenvalue weighted by Crippen LogP contribution is -2.32. The first-order chi connectivity index (χ1) is 11.7. The number of amides is 1. The van der Waals surface area contributed by atoms with Gasteiger partial charge in [-0.25, -0.2) is 0 Å². The molecule has 0 aliphatic carbocycles. The van der Waals surface area contributed by atoms with Gasteiger partial charge in [0.25, 0.3) is 5.91 Å². The topological polar surface area (TPSA) is 25.2 Å². The highest BCUT2D eigenvalue weighted by Gasteiger charge is 2.16. The van der Waals surface area contributed by atoms with Crippen LogP contribution in [-0.2, 0) is 20.0 Å². The Morgan fingerprint density at radius 1 is 1.04 bits per heavy atom. The minimum Gasteiger partial charge on any atom is -0.353 e. The zero-order chi connectivity index (χ0) is 17.4. The fraction of sp³-hybridized carbons (Fsp3) is 0.476. The first kappa shape index (κ1) is 18.3. The van der Waals surface area contributed by atoms with Gasteiger partial charge < -0.3 is 9.47 Å². The van der Waals surface area contributed by atoms with Crippen LogP contribution in [0.2, 0.25) is 0 Å². The van der Waals surface area contributed by atoms with Crippen LogP contribution in [0.3, 0.4) is 0 Å². The SMILES string of the molecule is CCCCc1ccc(C(=O)N(CCCC)Cc2cccn2C)cc1. The van der Waals surface area contributed by atoms with E-state index in [1.54, 1.807) is 0 Å². The third-order valence-corrected chi connectivity index (χ3v) is 4.49.